The first-order chi connectivity index (χ1) is 14.5. The monoisotopic (exact) mass is 425 g/mol. The number of hydrogen-bond donors (Lipinski definition) is 1. The van der Waals surface area contributed by atoms with Gasteiger partial charge in [-0.05, 0) is 38.5 Å². The van der Waals surface area contributed by atoms with Crippen molar-refractivity contribution in [3.8, 4) is 0 Å². The highest BCUT2D eigenvalue weighted by Gasteiger charge is 2.17. The van der Waals surface area contributed by atoms with Crippen molar-refractivity contribution in [2.45, 2.75) is 116 Å². The Morgan fingerprint density at radius 3 is 1.83 bits per heavy atom. The average Bonchev–Trinajstić information content (AvgIpc) is 2.74. The summed E-state index contributed by atoms with van der Waals surface area (Å²) in [6, 6.07) is -0.872. The molecular weight excluding hydrogens is 382 g/mol. The molecule has 6 heteroatoms. The summed E-state index contributed by atoms with van der Waals surface area (Å²) < 4.78 is 9.21. The van der Waals surface area contributed by atoms with Crippen LogP contribution in [0.15, 0.2) is 12.2 Å². The molecule has 2 N–H and O–H groups in total. The number of allylic oxidation sites excluding steroid dienone is 2. The number of esters is 3. The summed E-state index contributed by atoms with van der Waals surface area (Å²) in [5.74, 6) is -1.74. The maximum Gasteiger partial charge on any atom is 0.322 e. The molecule has 0 radical (unpaired) electrons. The Hall–Kier alpha value is -1.69. The van der Waals surface area contributed by atoms with Gasteiger partial charge in [0.1, 0.15) is 6.04 Å². The lowest BCUT2D eigenvalue weighted by Gasteiger charge is -2.08. The van der Waals surface area contributed by atoms with Gasteiger partial charge in [0.05, 0.1) is 7.11 Å². The van der Waals surface area contributed by atoms with Gasteiger partial charge in [0.25, 0.3) is 0 Å². The molecule has 0 aliphatic carbocycles. The summed E-state index contributed by atoms with van der Waals surface area (Å²) in [5.41, 5.74) is 5.53. The standard InChI is InChI=1S/C24H43NO5/c1-3-4-5-6-7-8-9-10-11-12-13-14-15-16-17-18-22(26)30-23(27)20-19-21(25)24(28)29-2/h10-11,21H,3-9,12-20,25H2,1-2H3/b11-10-. The highest BCUT2D eigenvalue weighted by molar-refractivity contribution is 5.85. The van der Waals surface area contributed by atoms with Gasteiger partial charge >= 0.3 is 17.9 Å². The van der Waals surface area contributed by atoms with Crippen LogP contribution in [0.4, 0.5) is 0 Å². The second-order valence-electron chi connectivity index (χ2n) is 7.85. The van der Waals surface area contributed by atoms with E-state index in [-0.39, 0.29) is 19.3 Å². The normalized spacial score (nSPS) is 12.1. The Morgan fingerprint density at radius 2 is 1.27 bits per heavy atom. The van der Waals surface area contributed by atoms with Crippen molar-refractivity contribution in [3.05, 3.63) is 12.2 Å². The number of nitrogens with two attached hydrogens (primary N) is 1. The lowest BCUT2D eigenvalue weighted by molar-refractivity contribution is -0.159. The van der Waals surface area contributed by atoms with E-state index in [1.165, 1.54) is 58.5 Å². The number of carbonyl (C=O) groups is 3. The molecule has 1 atom stereocenters. The summed E-state index contributed by atoms with van der Waals surface area (Å²) in [6.07, 6.45) is 20.4. The second-order valence-corrected chi connectivity index (χ2v) is 7.85. The Morgan fingerprint density at radius 1 is 0.767 bits per heavy atom. The van der Waals surface area contributed by atoms with Crippen LogP contribution in [0.3, 0.4) is 0 Å². The first-order valence-electron chi connectivity index (χ1n) is 11.7. The van der Waals surface area contributed by atoms with Crippen molar-refractivity contribution in [1.29, 1.82) is 0 Å². The van der Waals surface area contributed by atoms with Crippen LogP contribution in [0, 0.1) is 0 Å². The van der Waals surface area contributed by atoms with Crippen LogP contribution in [-0.2, 0) is 23.9 Å². The molecule has 0 aromatic carbocycles. The van der Waals surface area contributed by atoms with Crippen molar-refractivity contribution in [2.75, 3.05) is 7.11 Å². The lowest BCUT2D eigenvalue weighted by Crippen LogP contribution is -2.32. The van der Waals surface area contributed by atoms with Crippen LogP contribution in [0.5, 0.6) is 0 Å². The molecule has 0 amide bonds. The van der Waals surface area contributed by atoms with Gasteiger partial charge in [-0.2, -0.15) is 0 Å². The third-order valence-corrected chi connectivity index (χ3v) is 5.03. The zero-order valence-corrected chi connectivity index (χ0v) is 19.2. The number of hydrogen-bond acceptors (Lipinski definition) is 6. The molecule has 0 aromatic heterocycles. The van der Waals surface area contributed by atoms with Gasteiger partial charge in [0.15, 0.2) is 0 Å². The van der Waals surface area contributed by atoms with E-state index in [9.17, 15) is 14.4 Å². The van der Waals surface area contributed by atoms with Crippen molar-refractivity contribution in [3.63, 3.8) is 0 Å². The third-order valence-electron chi connectivity index (χ3n) is 5.03. The molecular formula is C24H43NO5. The van der Waals surface area contributed by atoms with Crippen LogP contribution >= 0.6 is 0 Å². The topological polar surface area (TPSA) is 95.7 Å². The Labute approximate surface area is 182 Å². The lowest BCUT2D eigenvalue weighted by atomic mass is 10.1. The van der Waals surface area contributed by atoms with Crippen LogP contribution < -0.4 is 5.73 Å². The van der Waals surface area contributed by atoms with E-state index < -0.39 is 23.9 Å². The van der Waals surface area contributed by atoms with Gasteiger partial charge < -0.3 is 15.2 Å². The molecule has 0 bridgehead atoms. The highest BCUT2D eigenvalue weighted by atomic mass is 16.6. The zero-order valence-electron chi connectivity index (χ0n) is 19.2. The fourth-order valence-corrected chi connectivity index (χ4v) is 3.11. The van der Waals surface area contributed by atoms with Crippen LogP contribution in [0.2, 0.25) is 0 Å². The van der Waals surface area contributed by atoms with Crippen molar-refractivity contribution >= 4 is 17.9 Å². The van der Waals surface area contributed by atoms with Gasteiger partial charge in [0, 0.05) is 12.8 Å². The average molecular weight is 426 g/mol. The Bertz CT molecular complexity index is 490. The fraction of sp³-hybridized carbons (Fsp3) is 0.792. The molecule has 1 unspecified atom stereocenters. The minimum absolute atomic E-state index is 0.0750. The van der Waals surface area contributed by atoms with Crippen LogP contribution in [0.25, 0.3) is 0 Å². The second kappa shape index (κ2) is 20.6. The summed E-state index contributed by atoms with van der Waals surface area (Å²) in [6.45, 7) is 2.25. The Balaban J connectivity index is 3.47. The quantitative estimate of drug-likeness (QED) is 0.129. The molecule has 0 saturated carbocycles. The van der Waals surface area contributed by atoms with E-state index in [0.717, 1.165) is 32.1 Å². The SMILES string of the molecule is CCCCCCCC/C=C\CCCCCCCC(=O)OC(=O)CCC(N)C(=O)OC. The molecule has 30 heavy (non-hydrogen) atoms. The molecule has 0 aliphatic rings. The molecule has 0 saturated heterocycles. The number of rotatable bonds is 19. The predicted octanol–water partition coefficient (Wildman–Crippen LogP) is 5.37. The summed E-state index contributed by atoms with van der Waals surface area (Å²) in [7, 11) is 1.23. The van der Waals surface area contributed by atoms with E-state index in [1.807, 2.05) is 0 Å². The van der Waals surface area contributed by atoms with E-state index in [1.54, 1.807) is 0 Å². The predicted molar refractivity (Wildman–Crippen MR) is 120 cm³/mol. The van der Waals surface area contributed by atoms with Crippen LogP contribution in [0.1, 0.15) is 110 Å². The van der Waals surface area contributed by atoms with Crippen molar-refractivity contribution < 1.29 is 23.9 Å². The van der Waals surface area contributed by atoms with Crippen LogP contribution in [-0.4, -0.2) is 31.1 Å². The third kappa shape index (κ3) is 18.3. The van der Waals surface area contributed by atoms with Gasteiger partial charge in [-0.3, -0.25) is 14.4 Å². The van der Waals surface area contributed by atoms with E-state index in [2.05, 4.69) is 23.8 Å². The van der Waals surface area contributed by atoms with Crippen molar-refractivity contribution in [1.82, 2.24) is 0 Å². The zero-order chi connectivity index (χ0) is 22.5. The summed E-state index contributed by atoms with van der Waals surface area (Å²) in [5, 5.41) is 0. The minimum Gasteiger partial charge on any atom is -0.468 e. The minimum atomic E-state index is -0.872. The molecule has 0 spiro atoms. The van der Waals surface area contributed by atoms with Gasteiger partial charge in [-0.15, -0.1) is 0 Å². The van der Waals surface area contributed by atoms with Gasteiger partial charge in [-0.1, -0.05) is 70.4 Å². The fourth-order valence-electron chi connectivity index (χ4n) is 3.11. The number of carbonyl (C=O) groups excluding carboxylic acids is 3. The van der Waals surface area contributed by atoms with E-state index in [4.69, 9.17) is 10.5 Å². The maximum atomic E-state index is 11.6. The smallest absolute Gasteiger partial charge is 0.322 e. The molecule has 174 valence electrons. The maximum absolute atomic E-state index is 11.6. The van der Waals surface area contributed by atoms with E-state index >= 15 is 0 Å². The molecule has 0 aliphatic heterocycles. The van der Waals surface area contributed by atoms with Gasteiger partial charge in [0.2, 0.25) is 0 Å². The summed E-state index contributed by atoms with van der Waals surface area (Å²) in [4.78, 5) is 34.4. The summed E-state index contributed by atoms with van der Waals surface area (Å²) >= 11 is 0. The Kier molecular flexibility index (Phi) is 19.4. The van der Waals surface area contributed by atoms with Crippen molar-refractivity contribution in [2.24, 2.45) is 5.73 Å². The number of ether oxygens (including phenoxy) is 2. The molecule has 6 nitrogen and oxygen atoms in total. The van der Waals surface area contributed by atoms with E-state index in [0.29, 0.717) is 0 Å². The molecule has 0 heterocycles. The molecule has 0 fully saturated rings. The number of methoxy groups -OCH3 is 1. The first kappa shape index (κ1) is 28.3. The molecule has 0 rings (SSSR count). The number of unbranched alkanes of at least 4 members (excludes halogenated alkanes) is 11. The first-order valence-corrected chi connectivity index (χ1v) is 11.7. The highest BCUT2D eigenvalue weighted by Crippen LogP contribution is 2.10. The van der Waals surface area contributed by atoms with Gasteiger partial charge in [-0.25, -0.2) is 0 Å². The molecule has 0 aromatic rings. The largest absolute Gasteiger partial charge is 0.468 e.